The standard InChI is InChI=1S/C14H22N6O/c1-2-15-14-17-12-11(9-16-19-12)13(18-14)20-7-4-3-5-10(20)6-8-21/h9-10,21H,2-8H2,1H3,(H2,15,16,17,18,19). The molecule has 3 N–H and O–H groups in total. The van der Waals surface area contributed by atoms with E-state index in [1.54, 1.807) is 6.20 Å². The van der Waals surface area contributed by atoms with Gasteiger partial charge in [0.05, 0.1) is 11.6 Å². The number of aliphatic hydroxyl groups excluding tert-OH is 1. The fraction of sp³-hybridized carbons (Fsp3) is 0.643. The van der Waals surface area contributed by atoms with E-state index in [-0.39, 0.29) is 6.61 Å². The van der Waals surface area contributed by atoms with Crippen LogP contribution in [0, 0.1) is 0 Å². The van der Waals surface area contributed by atoms with Gasteiger partial charge < -0.3 is 15.3 Å². The van der Waals surface area contributed by atoms with Gasteiger partial charge in [-0.15, -0.1) is 0 Å². The van der Waals surface area contributed by atoms with Gasteiger partial charge in [0.15, 0.2) is 5.65 Å². The number of aromatic nitrogens is 4. The number of fused-ring (bicyclic) bond motifs is 1. The molecule has 0 aromatic carbocycles. The number of hydrogen-bond acceptors (Lipinski definition) is 6. The molecular weight excluding hydrogens is 268 g/mol. The van der Waals surface area contributed by atoms with Gasteiger partial charge in [-0.1, -0.05) is 0 Å². The molecule has 7 heteroatoms. The van der Waals surface area contributed by atoms with E-state index in [0.717, 1.165) is 49.2 Å². The summed E-state index contributed by atoms with van der Waals surface area (Å²) < 4.78 is 0. The van der Waals surface area contributed by atoms with Crippen molar-refractivity contribution in [1.29, 1.82) is 0 Å². The van der Waals surface area contributed by atoms with Gasteiger partial charge in [-0.3, -0.25) is 5.10 Å². The van der Waals surface area contributed by atoms with Crippen molar-refractivity contribution in [2.24, 2.45) is 0 Å². The molecule has 21 heavy (non-hydrogen) atoms. The molecule has 1 atom stereocenters. The maximum absolute atomic E-state index is 9.31. The molecule has 2 aromatic rings. The highest BCUT2D eigenvalue weighted by atomic mass is 16.3. The first kappa shape index (κ1) is 14.1. The summed E-state index contributed by atoms with van der Waals surface area (Å²) >= 11 is 0. The largest absolute Gasteiger partial charge is 0.396 e. The van der Waals surface area contributed by atoms with Crippen molar-refractivity contribution in [3.63, 3.8) is 0 Å². The second-order valence-corrected chi connectivity index (χ2v) is 5.39. The Kier molecular flexibility index (Phi) is 4.19. The summed E-state index contributed by atoms with van der Waals surface area (Å²) in [7, 11) is 0. The first-order chi connectivity index (χ1) is 10.3. The number of H-pyrrole nitrogens is 1. The molecule has 0 amide bonds. The lowest BCUT2D eigenvalue weighted by Crippen LogP contribution is -2.40. The third kappa shape index (κ3) is 2.78. The molecule has 7 nitrogen and oxygen atoms in total. The minimum absolute atomic E-state index is 0.209. The Bertz CT molecular complexity index is 596. The molecule has 3 rings (SSSR count). The van der Waals surface area contributed by atoms with Gasteiger partial charge in [0.1, 0.15) is 5.82 Å². The zero-order valence-electron chi connectivity index (χ0n) is 12.3. The summed E-state index contributed by atoms with van der Waals surface area (Å²) in [4.78, 5) is 11.4. The van der Waals surface area contributed by atoms with Gasteiger partial charge in [0.25, 0.3) is 0 Å². The molecule has 1 unspecified atom stereocenters. The lowest BCUT2D eigenvalue weighted by molar-refractivity contribution is 0.262. The van der Waals surface area contributed by atoms with E-state index in [1.807, 2.05) is 6.92 Å². The second-order valence-electron chi connectivity index (χ2n) is 5.39. The minimum atomic E-state index is 0.209. The predicted molar refractivity (Wildman–Crippen MR) is 82.5 cm³/mol. The van der Waals surface area contributed by atoms with Crippen LogP contribution in [0.3, 0.4) is 0 Å². The van der Waals surface area contributed by atoms with E-state index >= 15 is 0 Å². The van der Waals surface area contributed by atoms with Crippen LogP contribution in [0.5, 0.6) is 0 Å². The fourth-order valence-electron chi connectivity index (χ4n) is 3.00. The van der Waals surface area contributed by atoms with Crippen LogP contribution in [0.25, 0.3) is 11.0 Å². The quantitative estimate of drug-likeness (QED) is 0.773. The third-order valence-corrected chi connectivity index (χ3v) is 3.99. The van der Waals surface area contributed by atoms with Crippen LogP contribution < -0.4 is 10.2 Å². The maximum atomic E-state index is 9.31. The number of nitrogens with one attached hydrogen (secondary N) is 2. The van der Waals surface area contributed by atoms with Crippen LogP contribution in [0.4, 0.5) is 11.8 Å². The number of aliphatic hydroxyl groups is 1. The van der Waals surface area contributed by atoms with Crippen molar-refractivity contribution >= 4 is 22.8 Å². The monoisotopic (exact) mass is 290 g/mol. The molecule has 1 fully saturated rings. The van der Waals surface area contributed by atoms with E-state index in [2.05, 4.69) is 30.4 Å². The van der Waals surface area contributed by atoms with Crippen molar-refractivity contribution in [1.82, 2.24) is 20.2 Å². The predicted octanol–water partition coefficient (Wildman–Crippen LogP) is 1.53. The van der Waals surface area contributed by atoms with Gasteiger partial charge in [0.2, 0.25) is 5.95 Å². The van der Waals surface area contributed by atoms with Crippen LogP contribution in [0.15, 0.2) is 6.20 Å². The lowest BCUT2D eigenvalue weighted by atomic mass is 9.99. The molecule has 0 radical (unpaired) electrons. The summed E-state index contributed by atoms with van der Waals surface area (Å²) in [6, 6.07) is 0.339. The summed E-state index contributed by atoms with van der Waals surface area (Å²) in [6.07, 6.45) is 6.02. The van der Waals surface area contributed by atoms with Crippen molar-refractivity contribution < 1.29 is 5.11 Å². The molecule has 1 saturated heterocycles. The molecule has 1 aliphatic rings. The number of nitrogens with zero attached hydrogens (tertiary/aromatic N) is 4. The van der Waals surface area contributed by atoms with E-state index in [4.69, 9.17) is 0 Å². The molecule has 114 valence electrons. The summed E-state index contributed by atoms with van der Waals surface area (Å²) in [5.41, 5.74) is 0.754. The van der Waals surface area contributed by atoms with Crippen molar-refractivity contribution in [3.05, 3.63) is 6.20 Å². The number of piperidine rings is 1. The SMILES string of the molecule is CCNc1nc(N2CCCCC2CCO)c2cn[nH]c2n1. The zero-order valence-corrected chi connectivity index (χ0v) is 12.3. The van der Waals surface area contributed by atoms with Crippen LogP contribution >= 0.6 is 0 Å². The molecule has 0 saturated carbocycles. The maximum Gasteiger partial charge on any atom is 0.226 e. The van der Waals surface area contributed by atoms with Crippen molar-refractivity contribution in [3.8, 4) is 0 Å². The molecular formula is C14H22N6O. The molecule has 0 bridgehead atoms. The zero-order chi connectivity index (χ0) is 14.7. The van der Waals surface area contributed by atoms with Crippen LogP contribution in [0.1, 0.15) is 32.6 Å². The summed E-state index contributed by atoms with van der Waals surface area (Å²) in [5, 5.41) is 20.4. The average Bonchev–Trinajstić information content (AvgIpc) is 2.96. The van der Waals surface area contributed by atoms with Gasteiger partial charge in [-0.25, -0.2) is 0 Å². The van der Waals surface area contributed by atoms with Gasteiger partial charge >= 0.3 is 0 Å². The van der Waals surface area contributed by atoms with E-state index < -0.39 is 0 Å². The highest BCUT2D eigenvalue weighted by molar-refractivity contribution is 5.87. The van der Waals surface area contributed by atoms with Crippen LogP contribution in [-0.4, -0.2) is 51.0 Å². The molecule has 3 heterocycles. The highest BCUT2D eigenvalue weighted by Gasteiger charge is 2.25. The lowest BCUT2D eigenvalue weighted by Gasteiger charge is -2.36. The van der Waals surface area contributed by atoms with Crippen molar-refractivity contribution in [2.45, 2.75) is 38.6 Å². The first-order valence-electron chi connectivity index (χ1n) is 7.66. The van der Waals surface area contributed by atoms with E-state index in [0.29, 0.717) is 12.0 Å². The minimum Gasteiger partial charge on any atom is -0.396 e. The second kappa shape index (κ2) is 6.26. The Hall–Kier alpha value is -1.89. The first-order valence-corrected chi connectivity index (χ1v) is 7.66. The number of aromatic amines is 1. The van der Waals surface area contributed by atoms with Crippen LogP contribution in [0.2, 0.25) is 0 Å². The molecule has 0 spiro atoms. The number of rotatable bonds is 5. The molecule has 2 aromatic heterocycles. The van der Waals surface area contributed by atoms with Gasteiger partial charge in [-0.05, 0) is 32.6 Å². The Morgan fingerprint density at radius 2 is 2.33 bits per heavy atom. The topological polar surface area (TPSA) is 90.0 Å². The van der Waals surface area contributed by atoms with Crippen molar-refractivity contribution in [2.75, 3.05) is 29.9 Å². The summed E-state index contributed by atoms with van der Waals surface area (Å²) in [5.74, 6) is 1.54. The fourth-order valence-corrected chi connectivity index (χ4v) is 3.00. The summed E-state index contributed by atoms with van der Waals surface area (Å²) in [6.45, 7) is 3.98. The Morgan fingerprint density at radius 1 is 1.43 bits per heavy atom. The van der Waals surface area contributed by atoms with E-state index in [9.17, 15) is 5.11 Å². The smallest absolute Gasteiger partial charge is 0.226 e. The normalized spacial score (nSPS) is 19.1. The highest BCUT2D eigenvalue weighted by Crippen LogP contribution is 2.30. The average molecular weight is 290 g/mol. The molecule has 0 aliphatic carbocycles. The van der Waals surface area contributed by atoms with Crippen LogP contribution in [-0.2, 0) is 0 Å². The Balaban J connectivity index is 2.01. The molecule has 1 aliphatic heterocycles. The van der Waals surface area contributed by atoms with Gasteiger partial charge in [0, 0.05) is 25.7 Å². The third-order valence-electron chi connectivity index (χ3n) is 3.99. The van der Waals surface area contributed by atoms with Gasteiger partial charge in [-0.2, -0.15) is 15.1 Å². The Morgan fingerprint density at radius 3 is 3.14 bits per heavy atom. The Labute approximate surface area is 123 Å². The number of hydrogen-bond donors (Lipinski definition) is 3. The number of anilines is 2. The van der Waals surface area contributed by atoms with E-state index in [1.165, 1.54) is 6.42 Å².